The smallest absolute Gasteiger partial charge is 0.238 e. The Kier molecular flexibility index (Phi) is 6.44. The molecule has 1 amide bonds. The molecule has 27 heavy (non-hydrogen) atoms. The molecule has 1 unspecified atom stereocenters. The molecule has 0 fully saturated rings. The second-order valence-electron chi connectivity index (χ2n) is 6.06. The largest absolute Gasteiger partial charge is 0.485 e. The quantitative estimate of drug-likeness (QED) is 0.613. The number of carbonyl (C=O) groups excluding carboxylic acids is 1. The Hall–Kier alpha value is -2.86. The molecule has 6 heteroatoms. The lowest BCUT2D eigenvalue weighted by Crippen LogP contribution is -2.23. The van der Waals surface area contributed by atoms with Crippen LogP contribution in [0.4, 0.5) is 5.82 Å². The number of nitrogens with one attached hydrogen (secondary N) is 1. The third-order valence-electron chi connectivity index (χ3n) is 3.86. The molecule has 0 aliphatic rings. The molecule has 0 aliphatic carbocycles. The minimum Gasteiger partial charge on any atom is -0.485 e. The molecule has 0 spiro atoms. The van der Waals surface area contributed by atoms with Gasteiger partial charge in [0.1, 0.15) is 6.61 Å². The van der Waals surface area contributed by atoms with Crippen LogP contribution in [0, 0.1) is 6.92 Å². The van der Waals surface area contributed by atoms with Crippen LogP contribution in [0.3, 0.4) is 0 Å². The minimum absolute atomic E-state index is 0.118. The molecule has 1 N–H and O–H groups in total. The molecule has 1 atom stereocenters. The molecular formula is C21H21N3O2S. The number of carbonyl (C=O) groups is 1. The number of aromatic nitrogens is 2. The zero-order valence-corrected chi connectivity index (χ0v) is 16.1. The zero-order chi connectivity index (χ0) is 19.1. The molecule has 3 rings (SSSR count). The first-order chi connectivity index (χ1) is 13.1. The highest BCUT2D eigenvalue weighted by Crippen LogP contribution is 2.26. The van der Waals surface area contributed by atoms with E-state index < -0.39 is 0 Å². The van der Waals surface area contributed by atoms with Crippen molar-refractivity contribution in [1.82, 2.24) is 9.97 Å². The van der Waals surface area contributed by atoms with Crippen LogP contribution in [0.15, 0.2) is 72.0 Å². The predicted molar refractivity (Wildman–Crippen MR) is 108 cm³/mol. The van der Waals surface area contributed by atoms with E-state index in [1.54, 1.807) is 30.7 Å². The number of amides is 1. The fourth-order valence-corrected chi connectivity index (χ4v) is 3.20. The number of hydrogen-bond acceptors (Lipinski definition) is 5. The highest BCUT2D eigenvalue weighted by Gasteiger charge is 2.17. The Labute approximate surface area is 163 Å². The van der Waals surface area contributed by atoms with Gasteiger partial charge in [-0.05, 0) is 55.8 Å². The molecule has 0 bridgehead atoms. The summed E-state index contributed by atoms with van der Waals surface area (Å²) in [4.78, 5) is 21.9. The lowest BCUT2D eigenvalue weighted by molar-refractivity contribution is -0.115. The van der Waals surface area contributed by atoms with Gasteiger partial charge in [0, 0.05) is 23.5 Å². The van der Waals surface area contributed by atoms with Crippen LogP contribution >= 0.6 is 11.8 Å². The van der Waals surface area contributed by atoms with E-state index in [-0.39, 0.29) is 11.2 Å². The molecule has 3 aromatic rings. The van der Waals surface area contributed by atoms with Gasteiger partial charge in [0.2, 0.25) is 5.91 Å². The lowest BCUT2D eigenvalue weighted by atomic mass is 10.2. The van der Waals surface area contributed by atoms with E-state index >= 15 is 0 Å². The van der Waals surface area contributed by atoms with Gasteiger partial charge in [-0.1, -0.05) is 17.7 Å². The van der Waals surface area contributed by atoms with Gasteiger partial charge in [-0.2, -0.15) is 0 Å². The Balaban J connectivity index is 1.62. The number of aryl methyl sites for hydroxylation is 1. The fourth-order valence-electron chi connectivity index (χ4n) is 2.33. The number of nitrogens with zero attached hydrogens (tertiary/aromatic N) is 2. The summed E-state index contributed by atoms with van der Waals surface area (Å²) in [6.07, 6.45) is 5.07. The number of anilines is 1. The minimum atomic E-state index is -0.261. The maximum atomic E-state index is 12.6. The second kappa shape index (κ2) is 9.19. The lowest BCUT2D eigenvalue weighted by Gasteiger charge is -2.14. The molecule has 1 aromatic carbocycles. The summed E-state index contributed by atoms with van der Waals surface area (Å²) in [5.41, 5.74) is 2.19. The van der Waals surface area contributed by atoms with E-state index in [0.717, 1.165) is 10.5 Å². The summed E-state index contributed by atoms with van der Waals surface area (Å²) < 4.78 is 5.82. The SMILES string of the molecule is Cc1ccc(SC(C)C(=O)Nc2ncccc2OCc2ccncc2)cc1. The first-order valence-electron chi connectivity index (χ1n) is 8.63. The molecular weight excluding hydrogens is 358 g/mol. The average Bonchev–Trinajstić information content (AvgIpc) is 2.70. The van der Waals surface area contributed by atoms with E-state index in [1.165, 1.54) is 17.3 Å². The third kappa shape index (κ3) is 5.56. The number of hydrogen-bond donors (Lipinski definition) is 1. The van der Waals surface area contributed by atoms with Crippen molar-refractivity contribution in [2.45, 2.75) is 30.6 Å². The standard InChI is InChI=1S/C21H21N3O2S/c1-15-5-7-18(8-6-15)27-16(2)21(25)24-20-19(4-3-11-23-20)26-14-17-9-12-22-13-10-17/h3-13,16H,14H2,1-2H3,(H,23,24,25). The first kappa shape index (κ1) is 18.9. The fraction of sp³-hybridized carbons (Fsp3) is 0.190. The molecule has 0 saturated heterocycles. The summed E-state index contributed by atoms with van der Waals surface area (Å²) in [7, 11) is 0. The van der Waals surface area contributed by atoms with E-state index in [1.807, 2.05) is 50.2 Å². The summed E-state index contributed by atoms with van der Waals surface area (Å²) in [5.74, 6) is 0.844. The van der Waals surface area contributed by atoms with Crippen LogP contribution in [0.5, 0.6) is 5.75 Å². The van der Waals surface area contributed by atoms with Gasteiger partial charge in [0.25, 0.3) is 0 Å². The number of thioether (sulfide) groups is 1. The van der Waals surface area contributed by atoms with Crippen molar-refractivity contribution < 1.29 is 9.53 Å². The Morgan fingerprint density at radius 1 is 1.11 bits per heavy atom. The van der Waals surface area contributed by atoms with E-state index in [4.69, 9.17) is 4.74 Å². The summed E-state index contributed by atoms with van der Waals surface area (Å²) >= 11 is 1.51. The number of pyridine rings is 2. The van der Waals surface area contributed by atoms with Gasteiger partial charge in [0.15, 0.2) is 11.6 Å². The second-order valence-corrected chi connectivity index (χ2v) is 7.47. The van der Waals surface area contributed by atoms with Crippen molar-refractivity contribution in [2.24, 2.45) is 0 Å². The normalized spacial score (nSPS) is 11.6. The van der Waals surface area contributed by atoms with Gasteiger partial charge in [-0.25, -0.2) is 4.98 Å². The Morgan fingerprint density at radius 3 is 2.59 bits per heavy atom. The van der Waals surface area contributed by atoms with Crippen molar-refractivity contribution in [2.75, 3.05) is 5.32 Å². The van der Waals surface area contributed by atoms with Crippen LogP contribution in [0.25, 0.3) is 0 Å². The van der Waals surface area contributed by atoms with Crippen LogP contribution in [-0.2, 0) is 11.4 Å². The molecule has 2 aromatic heterocycles. The van der Waals surface area contributed by atoms with Crippen molar-refractivity contribution in [3.05, 3.63) is 78.2 Å². The van der Waals surface area contributed by atoms with Gasteiger partial charge in [0.05, 0.1) is 5.25 Å². The maximum Gasteiger partial charge on any atom is 0.238 e. The number of ether oxygens (including phenoxy) is 1. The van der Waals surface area contributed by atoms with Gasteiger partial charge in [-0.3, -0.25) is 9.78 Å². The molecule has 2 heterocycles. The summed E-state index contributed by atoms with van der Waals surface area (Å²) in [6.45, 7) is 4.30. The highest BCUT2D eigenvalue weighted by molar-refractivity contribution is 8.00. The van der Waals surface area contributed by atoms with Crippen molar-refractivity contribution in [1.29, 1.82) is 0 Å². The number of benzene rings is 1. The maximum absolute atomic E-state index is 12.6. The molecule has 0 aliphatic heterocycles. The van der Waals surface area contributed by atoms with E-state index in [0.29, 0.717) is 18.2 Å². The Morgan fingerprint density at radius 2 is 1.85 bits per heavy atom. The molecule has 0 saturated carbocycles. The van der Waals surface area contributed by atoms with Crippen LogP contribution < -0.4 is 10.1 Å². The van der Waals surface area contributed by atoms with E-state index in [2.05, 4.69) is 15.3 Å². The molecule has 5 nitrogen and oxygen atoms in total. The molecule has 0 radical (unpaired) electrons. The molecule has 138 valence electrons. The van der Waals surface area contributed by atoms with Crippen LogP contribution in [-0.4, -0.2) is 21.1 Å². The van der Waals surface area contributed by atoms with Crippen LogP contribution in [0.1, 0.15) is 18.1 Å². The first-order valence-corrected chi connectivity index (χ1v) is 9.50. The average molecular weight is 379 g/mol. The van der Waals surface area contributed by atoms with Gasteiger partial charge < -0.3 is 10.1 Å². The summed E-state index contributed by atoms with van der Waals surface area (Å²) in [6, 6.07) is 15.5. The third-order valence-corrected chi connectivity index (χ3v) is 4.97. The van der Waals surface area contributed by atoms with Crippen molar-refractivity contribution >= 4 is 23.5 Å². The highest BCUT2D eigenvalue weighted by atomic mass is 32.2. The van der Waals surface area contributed by atoms with Crippen LogP contribution in [0.2, 0.25) is 0 Å². The van der Waals surface area contributed by atoms with Crippen molar-refractivity contribution in [3.63, 3.8) is 0 Å². The monoisotopic (exact) mass is 379 g/mol. The Bertz CT molecular complexity index is 885. The predicted octanol–water partition coefficient (Wildman–Crippen LogP) is 4.48. The summed E-state index contributed by atoms with van der Waals surface area (Å²) in [5, 5.41) is 2.61. The van der Waals surface area contributed by atoms with Gasteiger partial charge in [-0.15, -0.1) is 11.8 Å². The zero-order valence-electron chi connectivity index (χ0n) is 15.3. The number of rotatable bonds is 7. The van der Waals surface area contributed by atoms with Crippen molar-refractivity contribution in [3.8, 4) is 5.75 Å². The van der Waals surface area contributed by atoms with Gasteiger partial charge >= 0.3 is 0 Å². The van der Waals surface area contributed by atoms with E-state index in [9.17, 15) is 4.79 Å². The topological polar surface area (TPSA) is 64.1 Å².